The maximum atomic E-state index is 11.0. The first kappa shape index (κ1) is 11.2. The first-order chi connectivity index (χ1) is 5.22. The Balaban J connectivity index is 3.60. The Labute approximate surface area is 82.5 Å². The Hall–Kier alpha value is 0.200. The van der Waals surface area contributed by atoms with Crippen molar-refractivity contribution in [1.29, 1.82) is 0 Å². The van der Waals surface area contributed by atoms with Crippen LogP contribution >= 0.6 is 22.6 Å². The number of hydrogen-bond donors (Lipinski definition) is 0. The highest BCUT2D eigenvalue weighted by atomic mass is 127. The van der Waals surface area contributed by atoms with Crippen molar-refractivity contribution in [1.82, 2.24) is 4.90 Å². The summed E-state index contributed by atoms with van der Waals surface area (Å²) in [7, 11) is 0. The quantitative estimate of drug-likeness (QED) is 0.426. The summed E-state index contributed by atoms with van der Waals surface area (Å²) in [6, 6.07) is 0. The second-order valence-corrected chi connectivity index (χ2v) is 3.52. The molecule has 0 atom stereocenters. The van der Waals surface area contributed by atoms with Crippen molar-refractivity contribution in [2.45, 2.75) is 33.1 Å². The van der Waals surface area contributed by atoms with Gasteiger partial charge in [0, 0.05) is 35.7 Å². The lowest BCUT2D eigenvalue weighted by Gasteiger charge is -2.18. The first-order valence-corrected chi connectivity index (χ1v) is 5.24. The summed E-state index contributed by atoms with van der Waals surface area (Å²) < 4.78 is 0.179. The van der Waals surface area contributed by atoms with Crippen LogP contribution in [0.5, 0.6) is 0 Å². The molecule has 0 rings (SSSR count). The highest BCUT2D eigenvalue weighted by molar-refractivity contribution is 14.1. The molecule has 3 heteroatoms. The molecule has 0 saturated heterocycles. The van der Waals surface area contributed by atoms with E-state index in [0.29, 0.717) is 0 Å². The van der Waals surface area contributed by atoms with E-state index < -0.39 is 0 Å². The molecule has 1 amide bonds. The van der Waals surface area contributed by atoms with Gasteiger partial charge in [0.1, 0.15) is 0 Å². The second kappa shape index (κ2) is 6.88. The molecular formula is C8H16INO. The molecule has 0 aliphatic carbocycles. The molecule has 0 spiro atoms. The lowest BCUT2D eigenvalue weighted by Crippen LogP contribution is -2.27. The fourth-order valence-electron chi connectivity index (χ4n) is 0.906. The Bertz CT molecular complexity index is 117. The number of amides is 1. The van der Waals surface area contributed by atoms with E-state index in [2.05, 4.69) is 13.8 Å². The largest absolute Gasteiger partial charge is 0.334 e. The maximum absolute atomic E-state index is 11.0. The molecule has 0 fully saturated rings. The fourth-order valence-corrected chi connectivity index (χ4v) is 1.39. The molecule has 0 unspecified atom stereocenters. The molecule has 0 saturated carbocycles. The minimum Gasteiger partial charge on any atom is -0.334 e. The van der Waals surface area contributed by atoms with E-state index in [9.17, 15) is 4.79 Å². The Morgan fingerprint density at radius 3 is 2.27 bits per heavy atom. The summed E-state index contributed by atoms with van der Waals surface area (Å²) in [4.78, 5) is 12.9. The number of rotatable bonds is 5. The van der Waals surface area contributed by atoms with Crippen molar-refractivity contribution in [2.75, 3.05) is 13.1 Å². The molecule has 0 aromatic rings. The smallest absolute Gasteiger partial charge is 0.283 e. The summed E-state index contributed by atoms with van der Waals surface area (Å²) in [6.07, 6.45) is 3.33. The van der Waals surface area contributed by atoms with Crippen LogP contribution in [0, 0.1) is 0 Å². The van der Waals surface area contributed by atoms with Crippen LogP contribution in [-0.4, -0.2) is 21.9 Å². The van der Waals surface area contributed by atoms with Crippen LogP contribution in [0.3, 0.4) is 0 Å². The molecule has 0 heterocycles. The summed E-state index contributed by atoms with van der Waals surface area (Å²) in [5, 5.41) is 0. The number of nitrogens with zero attached hydrogens (tertiary/aromatic N) is 1. The zero-order valence-corrected chi connectivity index (χ0v) is 9.43. The minimum atomic E-state index is 0.179. The van der Waals surface area contributed by atoms with Crippen molar-refractivity contribution < 1.29 is 4.79 Å². The van der Waals surface area contributed by atoms with Crippen molar-refractivity contribution in [3.63, 3.8) is 0 Å². The Morgan fingerprint density at radius 1 is 1.27 bits per heavy atom. The number of unbranched alkanes of at least 4 members (excludes halogenated alkanes) is 1. The van der Waals surface area contributed by atoms with Gasteiger partial charge in [-0.25, -0.2) is 0 Å². The van der Waals surface area contributed by atoms with Gasteiger partial charge < -0.3 is 4.90 Å². The summed E-state index contributed by atoms with van der Waals surface area (Å²) >= 11 is 1.85. The molecule has 0 aliphatic heterocycles. The molecule has 0 radical (unpaired) electrons. The zero-order valence-electron chi connectivity index (χ0n) is 7.27. The van der Waals surface area contributed by atoms with Crippen LogP contribution in [0.2, 0.25) is 0 Å². The lowest BCUT2D eigenvalue weighted by molar-refractivity contribution is 0.225. The van der Waals surface area contributed by atoms with Crippen LogP contribution in [0.25, 0.3) is 0 Å². The molecular weight excluding hydrogens is 253 g/mol. The summed E-state index contributed by atoms with van der Waals surface area (Å²) in [6.45, 7) is 6.06. The molecule has 0 aromatic carbocycles. The molecule has 66 valence electrons. The number of halogens is 1. The first-order valence-electron chi connectivity index (χ1n) is 4.16. The molecule has 0 bridgehead atoms. The standard InChI is InChI=1S/C8H16INO/c1-3-5-7-10(6-4-2)8(9)11/h3-7H2,1-2H3. The number of carbonyl (C=O) groups is 1. The zero-order chi connectivity index (χ0) is 8.69. The Morgan fingerprint density at radius 2 is 1.91 bits per heavy atom. The topological polar surface area (TPSA) is 20.3 Å². The van der Waals surface area contributed by atoms with Crippen LogP contribution in [0.1, 0.15) is 33.1 Å². The summed E-state index contributed by atoms with van der Waals surface area (Å²) in [5.41, 5.74) is 0. The van der Waals surface area contributed by atoms with E-state index in [4.69, 9.17) is 0 Å². The van der Waals surface area contributed by atoms with E-state index in [1.165, 1.54) is 0 Å². The Kier molecular flexibility index (Phi) is 7.01. The van der Waals surface area contributed by atoms with Crippen molar-refractivity contribution in [2.24, 2.45) is 0 Å². The van der Waals surface area contributed by atoms with Gasteiger partial charge in [-0.15, -0.1) is 0 Å². The lowest BCUT2D eigenvalue weighted by atomic mass is 10.3. The molecule has 11 heavy (non-hydrogen) atoms. The van der Waals surface area contributed by atoms with Gasteiger partial charge in [-0.1, -0.05) is 20.3 Å². The van der Waals surface area contributed by atoms with Crippen LogP contribution in [0.15, 0.2) is 0 Å². The van der Waals surface area contributed by atoms with Gasteiger partial charge in [0.15, 0.2) is 0 Å². The normalized spacial score (nSPS) is 9.73. The highest BCUT2D eigenvalue weighted by Crippen LogP contribution is 2.03. The van der Waals surface area contributed by atoms with Crippen LogP contribution in [-0.2, 0) is 0 Å². The van der Waals surface area contributed by atoms with Crippen molar-refractivity contribution in [3.05, 3.63) is 0 Å². The van der Waals surface area contributed by atoms with E-state index >= 15 is 0 Å². The predicted molar refractivity (Wildman–Crippen MR) is 56.2 cm³/mol. The molecule has 0 aliphatic rings. The van der Waals surface area contributed by atoms with Crippen LogP contribution in [0.4, 0.5) is 4.79 Å². The third-order valence-electron chi connectivity index (χ3n) is 1.52. The van der Waals surface area contributed by atoms with E-state index in [1.807, 2.05) is 27.5 Å². The molecule has 0 N–H and O–H groups in total. The second-order valence-electron chi connectivity index (χ2n) is 2.59. The van der Waals surface area contributed by atoms with Gasteiger partial charge in [0.05, 0.1) is 0 Å². The predicted octanol–water partition coefficient (Wildman–Crippen LogP) is 3.05. The van der Waals surface area contributed by atoms with Gasteiger partial charge in [-0.3, -0.25) is 4.79 Å². The third kappa shape index (κ3) is 5.47. The van der Waals surface area contributed by atoms with Gasteiger partial charge in [-0.05, 0) is 12.8 Å². The summed E-state index contributed by atoms with van der Waals surface area (Å²) in [5.74, 6) is 0. The average molecular weight is 269 g/mol. The van der Waals surface area contributed by atoms with Crippen molar-refractivity contribution >= 4 is 26.5 Å². The third-order valence-corrected chi connectivity index (χ3v) is 2.21. The number of hydrogen-bond acceptors (Lipinski definition) is 1. The van der Waals surface area contributed by atoms with Gasteiger partial charge in [-0.2, -0.15) is 0 Å². The van der Waals surface area contributed by atoms with E-state index in [1.54, 1.807) is 0 Å². The monoisotopic (exact) mass is 269 g/mol. The van der Waals surface area contributed by atoms with Crippen molar-refractivity contribution in [3.8, 4) is 0 Å². The van der Waals surface area contributed by atoms with E-state index in [0.717, 1.165) is 32.4 Å². The maximum Gasteiger partial charge on any atom is 0.283 e. The number of carbonyl (C=O) groups excluding carboxylic acids is 1. The van der Waals surface area contributed by atoms with E-state index in [-0.39, 0.29) is 3.91 Å². The molecule has 0 aromatic heterocycles. The van der Waals surface area contributed by atoms with Gasteiger partial charge in [0.25, 0.3) is 3.91 Å². The van der Waals surface area contributed by atoms with Gasteiger partial charge in [0.2, 0.25) is 0 Å². The average Bonchev–Trinajstić information content (AvgIpc) is 1.97. The highest BCUT2D eigenvalue weighted by Gasteiger charge is 2.06. The SMILES string of the molecule is CCCCN(CCC)C(=O)I. The molecule has 2 nitrogen and oxygen atoms in total. The fraction of sp³-hybridized carbons (Fsp3) is 0.875. The van der Waals surface area contributed by atoms with Crippen LogP contribution < -0.4 is 0 Å². The minimum absolute atomic E-state index is 0.179. The van der Waals surface area contributed by atoms with Gasteiger partial charge >= 0.3 is 0 Å².